The Morgan fingerprint density at radius 2 is 1.69 bits per heavy atom. The summed E-state index contributed by atoms with van der Waals surface area (Å²) in [6.45, 7) is 0.177. The maximum absolute atomic E-state index is 13.0. The lowest BCUT2D eigenvalue weighted by Crippen LogP contribution is -2.27. The molecule has 2 aliphatic rings. The van der Waals surface area contributed by atoms with E-state index in [-0.39, 0.29) is 24.5 Å². The smallest absolute Gasteiger partial charge is 0.293 e. The number of halogens is 2. The van der Waals surface area contributed by atoms with Crippen molar-refractivity contribution in [1.82, 2.24) is 4.90 Å². The molecule has 0 aliphatic carbocycles. The lowest BCUT2D eigenvalue weighted by atomic mass is 10.0. The third kappa shape index (κ3) is 4.09. The summed E-state index contributed by atoms with van der Waals surface area (Å²) >= 11 is 13.2. The van der Waals surface area contributed by atoms with Gasteiger partial charge in [-0.2, -0.15) is 0 Å². The Hall–Kier alpha value is -2.93. The molecule has 2 heterocycles. The van der Waals surface area contributed by atoms with Crippen LogP contribution in [0, 0.1) is 0 Å². The summed E-state index contributed by atoms with van der Waals surface area (Å²) < 4.78 is 10.7. The van der Waals surface area contributed by atoms with Crippen molar-refractivity contribution in [3.63, 3.8) is 0 Å². The molecule has 32 heavy (non-hydrogen) atoms. The van der Waals surface area contributed by atoms with Gasteiger partial charge in [0.1, 0.15) is 0 Å². The second kappa shape index (κ2) is 8.54. The van der Waals surface area contributed by atoms with Gasteiger partial charge in [-0.25, -0.2) is 0 Å². The van der Waals surface area contributed by atoms with E-state index in [1.54, 1.807) is 18.2 Å². The highest BCUT2D eigenvalue weighted by atomic mass is 35.5. The summed E-state index contributed by atoms with van der Waals surface area (Å²) in [5.74, 6) is 0.741. The van der Waals surface area contributed by atoms with Gasteiger partial charge >= 0.3 is 0 Å². The van der Waals surface area contributed by atoms with Crippen molar-refractivity contribution >= 4 is 52.2 Å². The summed E-state index contributed by atoms with van der Waals surface area (Å²) in [6.07, 6.45) is 1.73. The fourth-order valence-corrected chi connectivity index (χ4v) is 4.67. The number of hydrogen-bond acceptors (Lipinski definition) is 5. The Morgan fingerprint density at radius 1 is 0.938 bits per heavy atom. The molecule has 5 nitrogen and oxygen atoms in total. The average Bonchev–Trinajstić information content (AvgIpc) is 3.33. The minimum absolute atomic E-state index is 0.0578. The number of ether oxygens (including phenoxy) is 2. The van der Waals surface area contributed by atoms with Crippen LogP contribution in [0.5, 0.6) is 11.5 Å². The quantitative estimate of drug-likeness (QED) is 0.390. The SMILES string of the molecule is O=C1S/C(=C\c2cccc(-c3ccc(Cl)cc3)c2)C(=O)N1Cc1cc2c(cc1Cl)OCO2. The zero-order valence-electron chi connectivity index (χ0n) is 16.5. The van der Waals surface area contributed by atoms with Crippen molar-refractivity contribution in [2.45, 2.75) is 6.54 Å². The van der Waals surface area contributed by atoms with Gasteiger partial charge in [0.25, 0.3) is 11.1 Å². The molecular formula is C24H15Cl2NO4S. The number of carbonyl (C=O) groups excluding carboxylic acids is 2. The maximum Gasteiger partial charge on any atom is 0.293 e. The molecule has 5 rings (SSSR count). The molecule has 1 fully saturated rings. The van der Waals surface area contributed by atoms with Crippen molar-refractivity contribution < 1.29 is 19.1 Å². The standard InChI is InChI=1S/C24H15Cl2NO4S/c25-18-6-4-15(5-7-18)16-3-1-2-14(8-16)9-22-23(28)27(24(29)32-22)12-17-10-20-21(11-19(17)26)31-13-30-20/h1-11H,12-13H2/b22-9-. The minimum Gasteiger partial charge on any atom is -0.454 e. The van der Waals surface area contributed by atoms with Crippen LogP contribution < -0.4 is 9.47 Å². The maximum atomic E-state index is 13.0. The Kier molecular flexibility index (Phi) is 5.59. The Morgan fingerprint density at radius 3 is 2.47 bits per heavy atom. The van der Waals surface area contributed by atoms with Crippen molar-refractivity contribution in [2.75, 3.05) is 6.79 Å². The lowest BCUT2D eigenvalue weighted by molar-refractivity contribution is -0.123. The Labute approximate surface area is 198 Å². The molecule has 0 unspecified atom stereocenters. The molecule has 3 aromatic carbocycles. The second-order valence-corrected chi connectivity index (χ2v) is 9.03. The zero-order chi connectivity index (χ0) is 22.2. The van der Waals surface area contributed by atoms with Crippen molar-refractivity contribution in [1.29, 1.82) is 0 Å². The number of benzene rings is 3. The summed E-state index contributed by atoms with van der Waals surface area (Å²) in [7, 11) is 0. The average molecular weight is 484 g/mol. The van der Waals surface area contributed by atoms with E-state index in [2.05, 4.69) is 0 Å². The summed E-state index contributed by atoms with van der Waals surface area (Å²) in [5.41, 5.74) is 3.44. The fraction of sp³-hybridized carbons (Fsp3) is 0.0833. The number of imide groups is 1. The van der Waals surface area contributed by atoms with E-state index in [1.807, 2.05) is 48.5 Å². The largest absolute Gasteiger partial charge is 0.454 e. The molecule has 2 aliphatic heterocycles. The molecular weight excluding hydrogens is 469 g/mol. The van der Waals surface area contributed by atoms with E-state index < -0.39 is 0 Å². The molecule has 8 heteroatoms. The zero-order valence-corrected chi connectivity index (χ0v) is 18.8. The van der Waals surface area contributed by atoms with Gasteiger partial charge in [-0.15, -0.1) is 0 Å². The highest BCUT2D eigenvalue weighted by Gasteiger charge is 2.35. The third-order valence-corrected chi connectivity index (χ3v) is 6.62. The van der Waals surface area contributed by atoms with Crippen LogP contribution in [-0.4, -0.2) is 22.8 Å². The van der Waals surface area contributed by atoms with Crippen LogP contribution in [-0.2, 0) is 11.3 Å². The highest BCUT2D eigenvalue weighted by molar-refractivity contribution is 8.18. The Bertz CT molecular complexity index is 1270. The highest BCUT2D eigenvalue weighted by Crippen LogP contribution is 2.39. The van der Waals surface area contributed by atoms with Crippen molar-refractivity contribution in [3.05, 3.63) is 86.7 Å². The first kappa shape index (κ1) is 20.9. The van der Waals surface area contributed by atoms with E-state index in [0.29, 0.717) is 32.0 Å². The van der Waals surface area contributed by atoms with Crippen LogP contribution in [0.15, 0.2) is 65.6 Å². The molecule has 2 amide bonds. The monoisotopic (exact) mass is 483 g/mol. The van der Waals surface area contributed by atoms with Crippen LogP contribution in [0.3, 0.4) is 0 Å². The summed E-state index contributed by atoms with van der Waals surface area (Å²) in [6, 6.07) is 18.6. The number of thioether (sulfide) groups is 1. The number of amides is 2. The Balaban J connectivity index is 1.38. The summed E-state index contributed by atoms with van der Waals surface area (Å²) in [5, 5.41) is 0.734. The van der Waals surface area contributed by atoms with E-state index in [0.717, 1.165) is 28.5 Å². The van der Waals surface area contributed by atoms with E-state index >= 15 is 0 Å². The predicted octanol–water partition coefficient (Wildman–Crippen LogP) is 6.63. The van der Waals surface area contributed by atoms with Gasteiger partial charge in [0.05, 0.1) is 11.4 Å². The van der Waals surface area contributed by atoms with Crippen LogP contribution in [0.4, 0.5) is 4.79 Å². The molecule has 0 radical (unpaired) electrons. The number of nitrogens with zero attached hydrogens (tertiary/aromatic N) is 1. The lowest BCUT2D eigenvalue weighted by Gasteiger charge is -2.14. The van der Waals surface area contributed by atoms with Gasteiger partial charge < -0.3 is 9.47 Å². The van der Waals surface area contributed by atoms with Gasteiger partial charge in [-0.3, -0.25) is 14.5 Å². The second-order valence-electron chi connectivity index (χ2n) is 7.20. The molecule has 0 saturated carbocycles. The number of rotatable bonds is 4. The van der Waals surface area contributed by atoms with Crippen LogP contribution in [0.1, 0.15) is 11.1 Å². The third-order valence-electron chi connectivity index (χ3n) is 5.11. The fourth-order valence-electron chi connectivity index (χ4n) is 3.49. The molecule has 0 N–H and O–H groups in total. The molecule has 3 aromatic rings. The molecule has 0 spiro atoms. The van der Waals surface area contributed by atoms with Crippen LogP contribution >= 0.6 is 35.0 Å². The van der Waals surface area contributed by atoms with Crippen LogP contribution in [0.25, 0.3) is 17.2 Å². The first-order chi connectivity index (χ1) is 15.5. The topological polar surface area (TPSA) is 55.8 Å². The minimum atomic E-state index is -0.356. The predicted molar refractivity (Wildman–Crippen MR) is 126 cm³/mol. The number of fused-ring (bicyclic) bond motifs is 1. The van der Waals surface area contributed by atoms with Gasteiger partial charge in [0, 0.05) is 16.1 Å². The van der Waals surface area contributed by atoms with Gasteiger partial charge in [0.15, 0.2) is 11.5 Å². The van der Waals surface area contributed by atoms with Crippen LogP contribution in [0.2, 0.25) is 10.0 Å². The van der Waals surface area contributed by atoms with Gasteiger partial charge in [-0.1, -0.05) is 53.5 Å². The van der Waals surface area contributed by atoms with Gasteiger partial charge in [-0.05, 0) is 64.4 Å². The first-order valence-corrected chi connectivity index (χ1v) is 11.2. The molecule has 160 valence electrons. The normalized spacial score (nSPS) is 16.3. The van der Waals surface area contributed by atoms with E-state index in [9.17, 15) is 9.59 Å². The first-order valence-electron chi connectivity index (χ1n) is 9.67. The number of carbonyl (C=O) groups is 2. The van der Waals surface area contributed by atoms with E-state index in [1.165, 1.54) is 4.90 Å². The molecule has 0 aromatic heterocycles. The molecule has 0 bridgehead atoms. The summed E-state index contributed by atoms with van der Waals surface area (Å²) in [4.78, 5) is 27.1. The molecule has 1 saturated heterocycles. The van der Waals surface area contributed by atoms with Crippen molar-refractivity contribution in [2.24, 2.45) is 0 Å². The van der Waals surface area contributed by atoms with Crippen molar-refractivity contribution in [3.8, 4) is 22.6 Å². The molecule has 0 atom stereocenters. The number of hydrogen-bond donors (Lipinski definition) is 0. The van der Waals surface area contributed by atoms with Gasteiger partial charge in [0.2, 0.25) is 6.79 Å². The van der Waals surface area contributed by atoms with E-state index in [4.69, 9.17) is 32.7 Å².